The molecule has 0 unspecified atom stereocenters. The topological polar surface area (TPSA) is 37.4 Å². The maximum atomic E-state index is 13.1. The Bertz CT molecular complexity index is 832. The van der Waals surface area contributed by atoms with Gasteiger partial charge in [-0.3, -0.25) is 0 Å². The number of nitrogens with zero attached hydrogens (tertiary/aromatic N) is 1. The lowest BCUT2D eigenvalue weighted by molar-refractivity contribution is 0.302. The number of aryl methyl sites for hydroxylation is 1. The smallest absolute Gasteiger partial charge is 0.207 e. The molecule has 1 aliphatic heterocycles. The molecular formula is C20H22INO2S. The van der Waals surface area contributed by atoms with Crippen LogP contribution in [0.1, 0.15) is 24.0 Å². The van der Waals surface area contributed by atoms with Crippen LogP contribution < -0.4 is 0 Å². The van der Waals surface area contributed by atoms with Crippen molar-refractivity contribution in [3.05, 3.63) is 71.8 Å². The number of alkyl halides is 1. The first kappa shape index (κ1) is 18.6. The van der Waals surface area contributed by atoms with Crippen molar-refractivity contribution >= 4 is 38.7 Å². The van der Waals surface area contributed by atoms with Gasteiger partial charge in [-0.25, -0.2) is 8.42 Å². The molecule has 2 aromatic rings. The summed E-state index contributed by atoms with van der Waals surface area (Å²) in [5, 5.41) is 0. The van der Waals surface area contributed by atoms with E-state index >= 15 is 0 Å². The summed E-state index contributed by atoms with van der Waals surface area (Å²) in [5.41, 5.74) is 2.15. The van der Waals surface area contributed by atoms with Crippen LogP contribution in [0.15, 0.2) is 65.6 Å². The van der Waals surface area contributed by atoms with Crippen molar-refractivity contribution in [2.24, 2.45) is 0 Å². The number of sulfonamides is 1. The van der Waals surface area contributed by atoms with E-state index in [-0.39, 0.29) is 6.04 Å². The van der Waals surface area contributed by atoms with Crippen LogP contribution in [0, 0.1) is 6.92 Å². The van der Waals surface area contributed by atoms with E-state index in [1.807, 2.05) is 61.5 Å². The molecule has 0 amide bonds. The molecule has 0 N–H and O–H groups in total. The number of hydrogen-bond acceptors (Lipinski definition) is 2. The van der Waals surface area contributed by atoms with Gasteiger partial charge in [-0.1, -0.05) is 82.8 Å². The van der Waals surface area contributed by atoms with Crippen molar-refractivity contribution in [2.45, 2.75) is 34.6 Å². The fraction of sp³-hybridized carbons (Fsp3) is 0.300. The van der Waals surface area contributed by atoms with Crippen molar-refractivity contribution in [1.82, 2.24) is 4.31 Å². The summed E-state index contributed by atoms with van der Waals surface area (Å²) in [6.07, 6.45) is 5.79. The second-order valence-corrected chi connectivity index (χ2v) is 10.0. The summed E-state index contributed by atoms with van der Waals surface area (Å²) >= 11 is 2.43. The number of piperidine rings is 1. The van der Waals surface area contributed by atoms with E-state index in [1.165, 1.54) is 0 Å². The number of halogens is 1. The minimum Gasteiger partial charge on any atom is -0.207 e. The highest BCUT2D eigenvalue weighted by Gasteiger charge is 2.34. The second kappa shape index (κ2) is 8.01. The lowest BCUT2D eigenvalue weighted by Crippen LogP contribution is -2.45. The molecule has 1 aliphatic rings. The van der Waals surface area contributed by atoms with Gasteiger partial charge in [0.2, 0.25) is 10.0 Å². The Balaban J connectivity index is 1.89. The van der Waals surface area contributed by atoms with Crippen molar-refractivity contribution < 1.29 is 8.42 Å². The van der Waals surface area contributed by atoms with E-state index < -0.39 is 10.0 Å². The van der Waals surface area contributed by atoms with Gasteiger partial charge in [0.1, 0.15) is 0 Å². The maximum absolute atomic E-state index is 13.1. The maximum Gasteiger partial charge on any atom is 0.243 e. The number of rotatable bonds is 4. The highest BCUT2D eigenvalue weighted by Crippen LogP contribution is 2.30. The Morgan fingerprint density at radius 3 is 2.44 bits per heavy atom. The normalized spacial score (nSPS) is 22.3. The summed E-state index contributed by atoms with van der Waals surface area (Å²) in [7, 11) is -3.48. The number of benzene rings is 2. The molecular weight excluding hydrogens is 445 g/mol. The minimum absolute atomic E-state index is 0.109. The van der Waals surface area contributed by atoms with Crippen LogP contribution in [-0.4, -0.2) is 29.2 Å². The Morgan fingerprint density at radius 1 is 1.08 bits per heavy atom. The van der Waals surface area contributed by atoms with Crippen LogP contribution in [-0.2, 0) is 10.0 Å². The predicted octanol–water partition coefficient (Wildman–Crippen LogP) is 4.67. The van der Waals surface area contributed by atoms with Gasteiger partial charge in [-0.05, 0) is 37.5 Å². The molecule has 0 spiro atoms. The standard InChI is InChI=1S/C20H22INO2S/c1-16-7-11-20(12-8-16)25(23,24)22-14-13-18(21)15-19(22)10-9-17-5-3-2-4-6-17/h2-12,18-19H,13-15H2,1H3/b10-9+/t18-,19+/m1/s1. The van der Waals surface area contributed by atoms with Crippen molar-refractivity contribution in [3.63, 3.8) is 0 Å². The summed E-state index contributed by atoms with van der Waals surface area (Å²) in [4.78, 5) is 0.378. The minimum atomic E-state index is -3.48. The Kier molecular flexibility index (Phi) is 5.96. The molecule has 25 heavy (non-hydrogen) atoms. The van der Waals surface area contributed by atoms with Crippen molar-refractivity contribution in [2.75, 3.05) is 6.54 Å². The highest BCUT2D eigenvalue weighted by atomic mass is 127. The molecule has 3 rings (SSSR count). The van der Waals surface area contributed by atoms with Gasteiger partial charge in [0.15, 0.2) is 0 Å². The average molecular weight is 467 g/mol. The Morgan fingerprint density at radius 2 is 1.76 bits per heavy atom. The summed E-state index contributed by atoms with van der Waals surface area (Å²) in [6.45, 7) is 2.52. The van der Waals surface area contributed by atoms with Gasteiger partial charge in [0.05, 0.1) is 4.90 Å². The molecule has 0 aliphatic carbocycles. The molecule has 0 aromatic heterocycles. The van der Waals surface area contributed by atoms with Crippen molar-refractivity contribution in [3.8, 4) is 0 Å². The fourth-order valence-corrected chi connectivity index (χ4v) is 5.44. The highest BCUT2D eigenvalue weighted by molar-refractivity contribution is 14.1. The van der Waals surface area contributed by atoms with E-state index in [1.54, 1.807) is 16.4 Å². The number of hydrogen-bond donors (Lipinski definition) is 0. The van der Waals surface area contributed by atoms with Crippen LogP contribution in [0.25, 0.3) is 6.08 Å². The molecule has 132 valence electrons. The third-order valence-corrected chi connectivity index (χ3v) is 7.54. The summed E-state index contributed by atoms with van der Waals surface area (Å²) < 4.78 is 28.4. The van der Waals surface area contributed by atoms with Gasteiger partial charge < -0.3 is 0 Å². The average Bonchev–Trinajstić information content (AvgIpc) is 2.61. The molecule has 2 aromatic carbocycles. The zero-order chi connectivity index (χ0) is 17.9. The third kappa shape index (κ3) is 4.51. The first-order chi connectivity index (χ1) is 12.0. The Labute approximate surface area is 163 Å². The van der Waals surface area contributed by atoms with Crippen LogP contribution in [0.3, 0.4) is 0 Å². The third-order valence-electron chi connectivity index (χ3n) is 4.47. The van der Waals surface area contributed by atoms with E-state index in [2.05, 4.69) is 22.6 Å². The van der Waals surface area contributed by atoms with E-state index in [0.29, 0.717) is 15.4 Å². The van der Waals surface area contributed by atoms with Gasteiger partial charge in [0.25, 0.3) is 0 Å². The van der Waals surface area contributed by atoms with E-state index in [9.17, 15) is 8.42 Å². The predicted molar refractivity (Wildman–Crippen MR) is 111 cm³/mol. The molecule has 1 heterocycles. The lowest BCUT2D eigenvalue weighted by Gasteiger charge is -2.35. The van der Waals surface area contributed by atoms with E-state index in [4.69, 9.17) is 0 Å². The monoisotopic (exact) mass is 467 g/mol. The van der Waals surface area contributed by atoms with Gasteiger partial charge >= 0.3 is 0 Å². The van der Waals surface area contributed by atoms with Crippen LogP contribution >= 0.6 is 22.6 Å². The summed E-state index contributed by atoms with van der Waals surface area (Å²) in [6, 6.07) is 17.0. The Hall–Kier alpha value is -1.18. The van der Waals surface area contributed by atoms with Gasteiger partial charge in [-0.15, -0.1) is 0 Å². The molecule has 0 saturated carbocycles. The largest absolute Gasteiger partial charge is 0.243 e. The zero-order valence-electron chi connectivity index (χ0n) is 14.2. The van der Waals surface area contributed by atoms with Crippen LogP contribution in [0.4, 0.5) is 0 Å². The first-order valence-corrected chi connectivity index (χ1v) is 11.1. The molecule has 1 saturated heterocycles. The van der Waals surface area contributed by atoms with Crippen molar-refractivity contribution in [1.29, 1.82) is 0 Å². The first-order valence-electron chi connectivity index (χ1n) is 8.42. The summed E-state index contributed by atoms with van der Waals surface area (Å²) in [5.74, 6) is 0. The lowest BCUT2D eigenvalue weighted by atomic mass is 10.0. The van der Waals surface area contributed by atoms with Gasteiger partial charge in [0, 0.05) is 16.5 Å². The zero-order valence-corrected chi connectivity index (χ0v) is 17.2. The molecule has 0 radical (unpaired) electrons. The molecule has 5 heteroatoms. The quantitative estimate of drug-likeness (QED) is 0.485. The SMILES string of the molecule is Cc1ccc(S(=O)(=O)N2CC[C@@H](I)C[C@@H]2/C=C/c2ccccc2)cc1. The molecule has 0 bridgehead atoms. The van der Waals surface area contributed by atoms with Crippen LogP contribution in [0.2, 0.25) is 0 Å². The molecule has 1 fully saturated rings. The van der Waals surface area contributed by atoms with Crippen LogP contribution in [0.5, 0.6) is 0 Å². The molecule has 3 nitrogen and oxygen atoms in total. The fourth-order valence-electron chi connectivity index (χ4n) is 3.04. The molecule has 2 atom stereocenters. The van der Waals surface area contributed by atoms with E-state index in [0.717, 1.165) is 24.0 Å². The second-order valence-electron chi connectivity index (χ2n) is 6.39. The van der Waals surface area contributed by atoms with Gasteiger partial charge in [-0.2, -0.15) is 4.31 Å².